The zero-order valence-electron chi connectivity index (χ0n) is 12.0. The highest BCUT2D eigenvalue weighted by molar-refractivity contribution is 7.10. The summed E-state index contributed by atoms with van der Waals surface area (Å²) < 4.78 is 0. The Kier molecular flexibility index (Phi) is 3.42. The minimum atomic E-state index is 0.254. The number of rotatable bonds is 1. The van der Waals surface area contributed by atoms with E-state index in [2.05, 4.69) is 22.8 Å². The van der Waals surface area contributed by atoms with Gasteiger partial charge >= 0.3 is 0 Å². The second-order valence-electron chi connectivity index (χ2n) is 6.32. The standard InChI is InChI=1S/C17H20N2OS/c20-16-9-11(17-6-3-7-21-17)8-15-12(16)10-18-13-4-1-2-5-14(13)19-15/h3,6-7,10-11,13-14,19H,1-2,4-5,8-9H2/t11-,13-,14+/m1/s1. The molecule has 1 saturated carbocycles. The van der Waals surface area contributed by atoms with Gasteiger partial charge in [-0.3, -0.25) is 9.79 Å². The first-order chi connectivity index (χ1) is 10.3. The van der Waals surface area contributed by atoms with Gasteiger partial charge < -0.3 is 5.32 Å². The second kappa shape index (κ2) is 5.41. The van der Waals surface area contributed by atoms with Crippen molar-refractivity contribution in [1.29, 1.82) is 0 Å². The minimum Gasteiger partial charge on any atom is -0.383 e. The molecule has 1 aromatic heterocycles. The van der Waals surface area contributed by atoms with Gasteiger partial charge in [0.1, 0.15) is 0 Å². The fourth-order valence-electron chi connectivity index (χ4n) is 3.79. The van der Waals surface area contributed by atoms with Crippen LogP contribution in [-0.4, -0.2) is 24.1 Å². The molecule has 3 atom stereocenters. The summed E-state index contributed by atoms with van der Waals surface area (Å²) in [6, 6.07) is 5.02. The lowest BCUT2D eigenvalue weighted by molar-refractivity contribution is -0.115. The maximum absolute atomic E-state index is 12.5. The lowest BCUT2D eigenvalue weighted by atomic mass is 9.85. The van der Waals surface area contributed by atoms with Crippen molar-refractivity contribution < 1.29 is 4.79 Å². The van der Waals surface area contributed by atoms with Crippen LogP contribution in [0.4, 0.5) is 0 Å². The molecule has 0 amide bonds. The van der Waals surface area contributed by atoms with Crippen molar-refractivity contribution in [2.75, 3.05) is 0 Å². The summed E-state index contributed by atoms with van der Waals surface area (Å²) in [5.41, 5.74) is 1.99. The minimum absolute atomic E-state index is 0.254. The third kappa shape index (κ3) is 2.46. The molecule has 0 spiro atoms. The van der Waals surface area contributed by atoms with Crippen molar-refractivity contribution in [3.05, 3.63) is 33.7 Å². The first-order valence-corrected chi connectivity index (χ1v) is 8.78. The molecule has 110 valence electrons. The topological polar surface area (TPSA) is 41.5 Å². The van der Waals surface area contributed by atoms with Crippen LogP contribution in [0, 0.1) is 0 Å². The average Bonchev–Trinajstić information content (AvgIpc) is 2.95. The third-order valence-electron chi connectivity index (χ3n) is 4.94. The number of hydrogen-bond donors (Lipinski definition) is 1. The van der Waals surface area contributed by atoms with Gasteiger partial charge in [-0.1, -0.05) is 18.9 Å². The van der Waals surface area contributed by atoms with Crippen molar-refractivity contribution in [3.8, 4) is 0 Å². The maximum Gasteiger partial charge on any atom is 0.166 e. The van der Waals surface area contributed by atoms with Gasteiger partial charge in [-0.25, -0.2) is 0 Å². The van der Waals surface area contributed by atoms with Gasteiger partial charge in [0.05, 0.1) is 11.6 Å². The molecule has 4 heteroatoms. The number of nitrogens with one attached hydrogen (secondary N) is 1. The Balaban J connectivity index is 1.63. The van der Waals surface area contributed by atoms with E-state index in [-0.39, 0.29) is 5.78 Å². The van der Waals surface area contributed by atoms with E-state index >= 15 is 0 Å². The molecule has 3 nitrogen and oxygen atoms in total. The SMILES string of the molecule is O=C1C[C@H](c2cccs2)CC2=C1C=N[C@@H]1CCCC[C@@H]1N2. The van der Waals surface area contributed by atoms with Gasteiger partial charge in [0.25, 0.3) is 0 Å². The molecule has 0 saturated heterocycles. The van der Waals surface area contributed by atoms with Crippen LogP contribution in [0.1, 0.15) is 49.3 Å². The van der Waals surface area contributed by atoms with E-state index in [1.165, 1.54) is 24.1 Å². The molecule has 2 aliphatic carbocycles. The Bertz CT molecular complexity index is 602. The van der Waals surface area contributed by atoms with E-state index in [1.54, 1.807) is 11.3 Å². The van der Waals surface area contributed by atoms with E-state index < -0.39 is 0 Å². The zero-order valence-corrected chi connectivity index (χ0v) is 12.9. The molecule has 1 aromatic rings. The van der Waals surface area contributed by atoms with Crippen LogP contribution in [0.3, 0.4) is 0 Å². The smallest absolute Gasteiger partial charge is 0.166 e. The molecular formula is C17H20N2OS. The number of nitrogens with zero attached hydrogens (tertiary/aromatic N) is 1. The number of carbonyl (C=O) groups is 1. The molecule has 1 N–H and O–H groups in total. The van der Waals surface area contributed by atoms with E-state index in [1.807, 2.05) is 6.21 Å². The maximum atomic E-state index is 12.5. The Morgan fingerprint density at radius 2 is 2.14 bits per heavy atom. The molecule has 0 radical (unpaired) electrons. The average molecular weight is 300 g/mol. The number of carbonyl (C=O) groups excluding carboxylic acids is 1. The van der Waals surface area contributed by atoms with E-state index in [0.29, 0.717) is 24.4 Å². The van der Waals surface area contributed by atoms with Crippen LogP contribution in [0.15, 0.2) is 33.8 Å². The number of hydrogen-bond acceptors (Lipinski definition) is 4. The normalized spacial score (nSPS) is 32.2. The summed E-state index contributed by atoms with van der Waals surface area (Å²) in [6.45, 7) is 0. The van der Waals surface area contributed by atoms with Crippen LogP contribution in [-0.2, 0) is 4.79 Å². The number of ketones is 1. The molecule has 0 bridgehead atoms. The Morgan fingerprint density at radius 3 is 3.00 bits per heavy atom. The van der Waals surface area contributed by atoms with Crippen molar-refractivity contribution in [2.24, 2.45) is 4.99 Å². The monoisotopic (exact) mass is 300 g/mol. The van der Waals surface area contributed by atoms with Gasteiger partial charge in [0.2, 0.25) is 0 Å². The van der Waals surface area contributed by atoms with Crippen LogP contribution in [0.5, 0.6) is 0 Å². The van der Waals surface area contributed by atoms with Gasteiger partial charge in [-0.15, -0.1) is 11.3 Å². The number of aliphatic imine (C=N–C) groups is 1. The summed E-state index contributed by atoms with van der Waals surface area (Å²) >= 11 is 1.76. The summed E-state index contributed by atoms with van der Waals surface area (Å²) in [6.07, 6.45) is 8.31. The lowest BCUT2D eigenvalue weighted by Gasteiger charge is -2.32. The van der Waals surface area contributed by atoms with Gasteiger partial charge in [0.15, 0.2) is 5.78 Å². The predicted molar refractivity (Wildman–Crippen MR) is 86.0 cm³/mol. The van der Waals surface area contributed by atoms with Crippen LogP contribution in [0.25, 0.3) is 0 Å². The summed E-state index contributed by atoms with van der Waals surface area (Å²) in [7, 11) is 0. The lowest BCUT2D eigenvalue weighted by Crippen LogP contribution is -2.41. The Morgan fingerprint density at radius 1 is 1.24 bits per heavy atom. The number of Topliss-reactive ketones (excluding diaryl/α,β-unsaturated/α-hetero) is 1. The van der Waals surface area contributed by atoms with E-state index in [4.69, 9.17) is 4.99 Å². The number of allylic oxidation sites excluding steroid dienone is 2. The second-order valence-corrected chi connectivity index (χ2v) is 7.30. The largest absolute Gasteiger partial charge is 0.383 e. The fraction of sp³-hybridized carbons (Fsp3) is 0.529. The zero-order chi connectivity index (χ0) is 14.2. The quantitative estimate of drug-likeness (QED) is 0.863. The molecule has 0 unspecified atom stereocenters. The highest BCUT2D eigenvalue weighted by atomic mass is 32.1. The van der Waals surface area contributed by atoms with Crippen molar-refractivity contribution in [2.45, 2.75) is 56.5 Å². The van der Waals surface area contributed by atoms with Crippen molar-refractivity contribution in [1.82, 2.24) is 5.32 Å². The van der Waals surface area contributed by atoms with Gasteiger partial charge in [-0.2, -0.15) is 0 Å². The van der Waals surface area contributed by atoms with Crippen LogP contribution >= 0.6 is 11.3 Å². The molecule has 3 aliphatic rings. The van der Waals surface area contributed by atoms with Crippen molar-refractivity contribution >= 4 is 23.3 Å². The molecule has 1 aliphatic heterocycles. The van der Waals surface area contributed by atoms with Crippen LogP contribution < -0.4 is 5.32 Å². The summed E-state index contributed by atoms with van der Waals surface area (Å²) in [4.78, 5) is 18.5. The molecule has 1 fully saturated rings. The molecule has 2 heterocycles. The molecule has 4 rings (SSSR count). The molecule has 21 heavy (non-hydrogen) atoms. The van der Waals surface area contributed by atoms with E-state index in [9.17, 15) is 4.79 Å². The van der Waals surface area contributed by atoms with E-state index in [0.717, 1.165) is 24.1 Å². The first-order valence-electron chi connectivity index (χ1n) is 7.91. The Labute approximate surface area is 129 Å². The first kappa shape index (κ1) is 13.3. The van der Waals surface area contributed by atoms with Crippen molar-refractivity contribution in [3.63, 3.8) is 0 Å². The fourth-order valence-corrected chi connectivity index (χ4v) is 4.62. The highest BCUT2D eigenvalue weighted by Crippen LogP contribution is 2.37. The molecular weight excluding hydrogens is 280 g/mol. The summed E-state index contributed by atoms with van der Waals surface area (Å²) in [5, 5.41) is 5.78. The Hall–Kier alpha value is -1.42. The molecule has 0 aromatic carbocycles. The number of fused-ring (bicyclic) bond motifs is 1. The van der Waals surface area contributed by atoms with Gasteiger partial charge in [0, 0.05) is 35.2 Å². The predicted octanol–water partition coefficient (Wildman–Crippen LogP) is 3.43. The van der Waals surface area contributed by atoms with Crippen LogP contribution in [0.2, 0.25) is 0 Å². The highest BCUT2D eigenvalue weighted by Gasteiger charge is 2.33. The van der Waals surface area contributed by atoms with Gasteiger partial charge in [-0.05, 0) is 30.7 Å². The third-order valence-corrected chi connectivity index (χ3v) is 5.97. The number of thiophene rings is 1. The summed E-state index contributed by atoms with van der Waals surface area (Å²) in [5.74, 6) is 0.599.